The highest BCUT2D eigenvalue weighted by Crippen LogP contribution is 2.10. The maximum Gasteiger partial charge on any atom is 0.187 e. The van der Waals surface area contributed by atoms with Crippen LogP contribution < -0.4 is 5.32 Å². The second-order valence-corrected chi connectivity index (χ2v) is 5.59. The molecular weight excluding hydrogens is 273 g/mol. The molecule has 5 heteroatoms. The summed E-state index contributed by atoms with van der Waals surface area (Å²) in [5, 5.41) is 4.16. The molecule has 0 fully saturated rings. The summed E-state index contributed by atoms with van der Waals surface area (Å²) in [6.07, 6.45) is 4.59. The lowest BCUT2D eigenvalue weighted by Crippen LogP contribution is -2.17. The molecule has 0 aliphatic heterocycles. The molecule has 106 valence electrons. The molecule has 3 nitrogen and oxygen atoms in total. The first-order valence-electron chi connectivity index (χ1n) is 6.67. The van der Waals surface area contributed by atoms with E-state index in [1.807, 2.05) is 24.5 Å². The summed E-state index contributed by atoms with van der Waals surface area (Å²) in [4.78, 5) is 8.57. The van der Waals surface area contributed by atoms with Gasteiger partial charge in [0.1, 0.15) is 5.82 Å². The lowest BCUT2D eigenvalue weighted by atomic mass is 10.1. The number of aromatic nitrogens is 2. The van der Waals surface area contributed by atoms with Gasteiger partial charge >= 0.3 is 0 Å². The van der Waals surface area contributed by atoms with Crippen LogP contribution in [0.25, 0.3) is 0 Å². The smallest absolute Gasteiger partial charge is 0.187 e. The van der Waals surface area contributed by atoms with Crippen molar-refractivity contribution in [3.05, 3.63) is 53.6 Å². The van der Waals surface area contributed by atoms with Crippen LogP contribution in [0.2, 0.25) is 0 Å². The van der Waals surface area contributed by atoms with E-state index in [4.69, 9.17) is 0 Å². The summed E-state index contributed by atoms with van der Waals surface area (Å²) in [5.41, 5.74) is 2.20. The lowest BCUT2D eigenvalue weighted by molar-refractivity contribution is 0.625. The average Bonchev–Trinajstić information content (AvgIpc) is 2.47. The number of benzene rings is 1. The van der Waals surface area contributed by atoms with Gasteiger partial charge in [0.05, 0.1) is 0 Å². The van der Waals surface area contributed by atoms with E-state index < -0.39 is 0 Å². The van der Waals surface area contributed by atoms with E-state index in [1.54, 1.807) is 11.8 Å². The normalized spacial score (nSPS) is 10.7. The van der Waals surface area contributed by atoms with Crippen molar-refractivity contribution in [2.45, 2.75) is 25.0 Å². The van der Waals surface area contributed by atoms with Gasteiger partial charge in [0.2, 0.25) is 0 Å². The van der Waals surface area contributed by atoms with E-state index in [2.05, 4.69) is 22.2 Å². The Labute approximate surface area is 123 Å². The molecule has 20 heavy (non-hydrogen) atoms. The number of rotatable bonds is 7. The first-order chi connectivity index (χ1) is 9.78. The topological polar surface area (TPSA) is 37.8 Å². The summed E-state index contributed by atoms with van der Waals surface area (Å²) in [7, 11) is 0. The minimum atomic E-state index is -0.191. The average molecular weight is 291 g/mol. The molecule has 0 aliphatic rings. The molecule has 0 radical (unpaired) electrons. The number of nitrogens with zero attached hydrogens (tertiary/aromatic N) is 2. The Bertz CT molecular complexity index is 514. The Morgan fingerprint density at radius 2 is 1.80 bits per heavy atom. The quantitative estimate of drug-likeness (QED) is 0.483. The molecule has 0 bridgehead atoms. The highest BCUT2D eigenvalue weighted by molar-refractivity contribution is 7.99. The molecule has 2 aromatic rings. The number of nitrogens with one attached hydrogen (secondary N) is 1. The fraction of sp³-hybridized carbons (Fsp3) is 0.333. The molecule has 0 unspecified atom stereocenters. The van der Waals surface area contributed by atoms with Crippen LogP contribution >= 0.6 is 11.8 Å². The van der Waals surface area contributed by atoms with Crippen LogP contribution in [0.15, 0.2) is 41.8 Å². The van der Waals surface area contributed by atoms with Gasteiger partial charge < -0.3 is 5.32 Å². The third-order valence-corrected chi connectivity index (χ3v) is 3.55. The molecule has 1 heterocycles. The second kappa shape index (κ2) is 7.97. The Kier molecular flexibility index (Phi) is 5.95. The van der Waals surface area contributed by atoms with Crippen molar-refractivity contribution >= 4 is 11.8 Å². The maximum atomic E-state index is 12.8. The third kappa shape index (κ3) is 4.90. The Morgan fingerprint density at radius 1 is 1.10 bits per heavy atom. The van der Waals surface area contributed by atoms with Crippen LogP contribution in [0.1, 0.15) is 18.1 Å². The zero-order valence-electron chi connectivity index (χ0n) is 11.5. The van der Waals surface area contributed by atoms with Crippen LogP contribution in [0.5, 0.6) is 0 Å². The van der Waals surface area contributed by atoms with Crippen LogP contribution in [-0.4, -0.2) is 22.3 Å². The molecule has 1 aromatic heterocycles. The first kappa shape index (κ1) is 14.9. The number of halogens is 1. The number of hydrogen-bond donors (Lipinski definition) is 1. The van der Waals surface area contributed by atoms with Gasteiger partial charge in [0.25, 0.3) is 0 Å². The molecule has 0 spiro atoms. The third-order valence-electron chi connectivity index (χ3n) is 2.79. The monoisotopic (exact) mass is 291 g/mol. The molecule has 0 saturated heterocycles. The second-order valence-electron chi connectivity index (χ2n) is 4.36. The fourth-order valence-electron chi connectivity index (χ4n) is 1.75. The van der Waals surface area contributed by atoms with Gasteiger partial charge in [0, 0.05) is 24.5 Å². The minimum absolute atomic E-state index is 0.191. The number of thioether (sulfide) groups is 1. The first-order valence-corrected chi connectivity index (χ1v) is 7.65. The summed E-state index contributed by atoms with van der Waals surface area (Å²) >= 11 is 1.64. The van der Waals surface area contributed by atoms with E-state index in [0.29, 0.717) is 0 Å². The van der Waals surface area contributed by atoms with Crippen molar-refractivity contribution < 1.29 is 4.39 Å². The zero-order chi connectivity index (χ0) is 14.2. The van der Waals surface area contributed by atoms with Crippen molar-refractivity contribution in [3.63, 3.8) is 0 Å². The summed E-state index contributed by atoms with van der Waals surface area (Å²) in [6.45, 7) is 3.67. The highest BCUT2D eigenvalue weighted by Gasteiger charge is 1.98. The van der Waals surface area contributed by atoms with Crippen LogP contribution in [-0.2, 0) is 13.0 Å². The van der Waals surface area contributed by atoms with Gasteiger partial charge in [-0.25, -0.2) is 14.4 Å². The van der Waals surface area contributed by atoms with E-state index >= 15 is 0 Å². The molecule has 2 rings (SSSR count). The highest BCUT2D eigenvalue weighted by atomic mass is 32.2. The van der Waals surface area contributed by atoms with Gasteiger partial charge in [-0.15, -0.1) is 0 Å². The van der Waals surface area contributed by atoms with E-state index in [1.165, 1.54) is 12.1 Å². The van der Waals surface area contributed by atoms with Crippen LogP contribution in [0, 0.1) is 5.82 Å². The predicted molar refractivity (Wildman–Crippen MR) is 80.2 cm³/mol. The minimum Gasteiger partial charge on any atom is -0.312 e. The van der Waals surface area contributed by atoms with Gasteiger partial charge in [-0.1, -0.05) is 30.8 Å². The van der Waals surface area contributed by atoms with E-state index in [0.717, 1.165) is 41.5 Å². The Balaban J connectivity index is 1.71. The van der Waals surface area contributed by atoms with E-state index in [9.17, 15) is 4.39 Å². The molecule has 0 atom stereocenters. The fourth-order valence-corrected chi connectivity index (χ4v) is 2.27. The van der Waals surface area contributed by atoms with Crippen molar-refractivity contribution in [2.24, 2.45) is 0 Å². The van der Waals surface area contributed by atoms with Gasteiger partial charge in [-0.3, -0.25) is 0 Å². The molecule has 1 N–H and O–H groups in total. The Morgan fingerprint density at radius 3 is 2.45 bits per heavy atom. The molecule has 0 aliphatic carbocycles. The van der Waals surface area contributed by atoms with E-state index in [-0.39, 0.29) is 5.82 Å². The van der Waals surface area contributed by atoms with Gasteiger partial charge in [-0.05, 0) is 36.4 Å². The summed E-state index contributed by atoms with van der Waals surface area (Å²) in [6, 6.07) is 6.62. The van der Waals surface area contributed by atoms with Crippen molar-refractivity contribution in [1.82, 2.24) is 15.3 Å². The number of hydrogen-bond acceptors (Lipinski definition) is 4. The summed E-state index contributed by atoms with van der Waals surface area (Å²) in [5.74, 6) is 0.791. The summed E-state index contributed by atoms with van der Waals surface area (Å²) < 4.78 is 12.8. The van der Waals surface area contributed by atoms with Crippen molar-refractivity contribution in [3.8, 4) is 0 Å². The predicted octanol–water partition coefficient (Wildman–Crippen LogP) is 3.06. The van der Waals surface area contributed by atoms with Gasteiger partial charge in [-0.2, -0.15) is 0 Å². The molecule has 1 aromatic carbocycles. The largest absolute Gasteiger partial charge is 0.312 e. The molecule has 0 amide bonds. The van der Waals surface area contributed by atoms with Crippen molar-refractivity contribution in [1.29, 1.82) is 0 Å². The van der Waals surface area contributed by atoms with Gasteiger partial charge in [0.15, 0.2) is 5.16 Å². The van der Waals surface area contributed by atoms with Crippen LogP contribution in [0.3, 0.4) is 0 Å². The van der Waals surface area contributed by atoms with Crippen molar-refractivity contribution in [2.75, 3.05) is 12.3 Å². The maximum absolute atomic E-state index is 12.8. The lowest BCUT2D eigenvalue weighted by Gasteiger charge is -2.05. The molecule has 0 saturated carbocycles. The molecular formula is C15H18FN3S. The zero-order valence-corrected chi connectivity index (χ0v) is 12.3. The van der Waals surface area contributed by atoms with Crippen LogP contribution in [0.4, 0.5) is 4.39 Å². The standard InChI is InChI=1S/C15H18FN3S/c1-2-20-15-18-10-13(11-19-15)9-17-8-7-12-3-5-14(16)6-4-12/h3-6,10-11,17H,2,7-9H2,1H3. The SMILES string of the molecule is CCSc1ncc(CNCCc2ccc(F)cc2)cn1. The Hall–Kier alpha value is -1.46.